The van der Waals surface area contributed by atoms with Gasteiger partial charge in [0, 0.05) is 0 Å². The quantitative estimate of drug-likeness (QED) is 0.468. The van der Waals surface area contributed by atoms with Crippen molar-refractivity contribution in [3.8, 4) is 0 Å². The van der Waals surface area contributed by atoms with Gasteiger partial charge in [0.05, 0.1) is 0 Å². The van der Waals surface area contributed by atoms with E-state index >= 15 is 0 Å². The van der Waals surface area contributed by atoms with Crippen LogP contribution in [0.5, 0.6) is 0 Å². The molecule has 4 heteroatoms. The van der Waals surface area contributed by atoms with Crippen LogP contribution in [0.1, 0.15) is 6.42 Å². The van der Waals surface area contributed by atoms with Crippen molar-refractivity contribution in [2.75, 3.05) is 13.1 Å². The van der Waals surface area contributed by atoms with Gasteiger partial charge in [-0.1, -0.05) is 0 Å². The molecule has 3 nitrogen and oxygen atoms in total. The van der Waals surface area contributed by atoms with Crippen molar-refractivity contribution >= 4 is 13.0 Å². The van der Waals surface area contributed by atoms with Crippen molar-refractivity contribution in [3.63, 3.8) is 0 Å². The summed E-state index contributed by atoms with van der Waals surface area (Å²) in [6.07, 6.45) is 0.620. The van der Waals surface area contributed by atoms with Crippen LogP contribution >= 0.6 is 0 Å². The van der Waals surface area contributed by atoms with E-state index in [1.807, 2.05) is 0 Å². The number of carbonyl (C=O) groups is 1. The molecule has 1 saturated heterocycles. The number of carbonyl (C=O) groups excluding carboxylic acids is 1. The molecule has 1 aliphatic heterocycles. The first-order chi connectivity index (χ1) is 3.83. The van der Waals surface area contributed by atoms with Crippen LogP contribution in [0.4, 0.5) is 0 Å². The van der Waals surface area contributed by atoms with Gasteiger partial charge in [-0.25, -0.2) is 0 Å². The predicted octanol–water partition coefficient (Wildman–Crippen LogP) is -0.357. The van der Waals surface area contributed by atoms with Crippen molar-refractivity contribution in [1.29, 1.82) is 5.31 Å². The molecule has 0 radical (unpaired) electrons. The van der Waals surface area contributed by atoms with E-state index < -0.39 is 0 Å². The Hall–Kier alpha value is -0.665. The van der Waals surface area contributed by atoms with Gasteiger partial charge < -0.3 is 0 Å². The number of nitrogens with one attached hydrogen (secondary N) is 1. The Morgan fingerprint density at radius 3 is 2.75 bits per heavy atom. The van der Waals surface area contributed by atoms with Gasteiger partial charge in [-0.3, -0.25) is 0 Å². The summed E-state index contributed by atoms with van der Waals surface area (Å²) in [5, 5.41) is 6.74. The first kappa shape index (κ1) is 5.47. The van der Waals surface area contributed by atoms with Gasteiger partial charge in [0.1, 0.15) is 0 Å². The molecular formula is C4H7BN2O. The van der Waals surface area contributed by atoms with Gasteiger partial charge in [0.15, 0.2) is 0 Å². The molecular weight excluding hydrogens is 103 g/mol. The summed E-state index contributed by atoms with van der Waals surface area (Å²) >= 11 is 0. The Balaban J connectivity index is 2.43. The van der Waals surface area contributed by atoms with Gasteiger partial charge in [0.2, 0.25) is 0 Å². The zero-order valence-electron chi connectivity index (χ0n) is 4.55. The van der Waals surface area contributed by atoms with Crippen molar-refractivity contribution in [2.45, 2.75) is 6.42 Å². The molecule has 0 spiro atoms. The number of nitrogens with zero attached hydrogens (tertiary/aromatic N) is 1. The summed E-state index contributed by atoms with van der Waals surface area (Å²) in [7, 11) is 1.21. The van der Waals surface area contributed by atoms with Crippen molar-refractivity contribution in [3.05, 3.63) is 0 Å². The third kappa shape index (κ3) is 0.939. The van der Waals surface area contributed by atoms with Gasteiger partial charge in [-0.2, -0.15) is 0 Å². The molecule has 1 fully saturated rings. The second kappa shape index (κ2) is 2.07. The molecule has 1 aliphatic rings. The van der Waals surface area contributed by atoms with Crippen LogP contribution in [0, 0.1) is 5.31 Å². The van der Waals surface area contributed by atoms with E-state index in [1.165, 1.54) is 7.21 Å². The summed E-state index contributed by atoms with van der Waals surface area (Å²) in [5.74, 6) is 0.244. The van der Waals surface area contributed by atoms with Crippen LogP contribution in [0.15, 0.2) is 0 Å². The zero-order valence-corrected chi connectivity index (χ0v) is 4.55. The van der Waals surface area contributed by atoms with Crippen LogP contribution in [-0.2, 0) is 4.79 Å². The van der Waals surface area contributed by atoms with E-state index in [0.29, 0.717) is 13.0 Å². The number of Topliss-reactive ketones (excluding diaryl/α,β-unsaturated/α-hetero) is 1. The van der Waals surface area contributed by atoms with E-state index in [2.05, 4.69) is 0 Å². The standard InChI is InChI=1S/C4H7BN2O/c6-5-7-2-1-4(8)3-7/h6H,1-3H2. The molecule has 1 rings (SSSR count). The molecule has 1 heterocycles. The maximum atomic E-state index is 10.5. The number of rotatable bonds is 1. The van der Waals surface area contributed by atoms with E-state index in [1.54, 1.807) is 4.81 Å². The summed E-state index contributed by atoms with van der Waals surface area (Å²) < 4.78 is 0. The molecule has 0 atom stereocenters. The SMILES string of the molecule is N=BN1CCC(=O)C1. The topological polar surface area (TPSA) is 44.2 Å². The Labute approximate surface area is 48.4 Å². The summed E-state index contributed by atoms with van der Waals surface area (Å²) in [4.78, 5) is 12.2. The molecule has 0 saturated carbocycles. The first-order valence-corrected chi connectivity index (χ1v) is 2.59. The fourth-order valence-corrected chi connectivity index (χ4v) is 0.763. The van der Waals surface area contributed by atoms with E-state index in [-0.39, 0.29) is 5.78 Å². The van der Waals surface area contributed by atoms with Gasteiger partial charge in [-0.05, 0) is 0 Å². The first-order valence-electron chi connectivity index (χ1n) is 2.59. The van der Waals surface area contributed by atoms with Crippen LogP contribution < -0.4 is 0 Å². The maximum absolute atomic E-state index is 10.5. The molecule has 42 valence electrons. The van der Waals surface area contributed by atoms with Crippen molar-refractivity contribution in [1.82, 2.24) is 4.81 Å². The van der Waals surface area contributed by atoms with E-state index in [4.69, 9.17) is 5.31 Å². The number of hydrogen-bond acceptors (Lipinski definition) is 2. The van der Waals surface area contributed by atoms with E-state index in [9.17, 15) is 4.79 Å². The Bertz CT molecular complexity index is 125. The summed E-state index contributed by atoms with van der Waals surface area (Å²) in [6.45, 7) is 1.19. The van der Waals surface area contributed by atoms with Crippen molar-refractivity contribution < 1.29 is 4.79 Å². The molecule has 0 unspecified atom stereocenters. The van der Waals surface area contributed by atoms with Gasteiger partial charge in [-0.15, -0.1) is 0 Å². The molecule has 0 aromatic carbocycles. The van der Waals surface area contributed by atoms with Crippen LogP contribution in [-0.4, -0.2) is 30.9 Å². The molecule has 0 bridgehead atoms. The fraction of sp³-hybridized carbons (Fsp3) is 0.750. The summed E-state index contributed by atoms with van der Waals surface area (Å²) in [5.41, 5.74) is 0. The Morgan fingerprint density at radius 2 is 2.50 bits per heavy atom. The Morgan fingerprint density at radius 1 is 1.75 bits per heavy atom. The number of ketones is 1. The molecule has 0 aliphatic carbocycles. The fourth-order valence-electron chi connectivity index (χ4n) is 0.763. The Kier molecular flexibility index (Phi) is 1.42. The molecule has 0 amide bonds. The monoisotopic (exact) mass is 110 g/mol. The third-order valence-electron chi connectivity index (χ3n) is 1.24. The van der Waals surface area contributed by atoms with Crippen LogP contribution in [0.25, 0.3) is 0 Å². The van der Waals surface area contributed by atoms with Gasteiger partial charge >= 0.3 is 47.4 Å². The van der Waals surface area contributed by atoms with Crippen molar-refractivity contribution in [2.24, 2.45) is 0 Å². The molecule has 8 heavy (non-hydrogen) atoms. The molecule has 1 N–H and O–H groups in total. The third-order valence-corrected chi connectivity index (χ3v) is 1.24. The zero-order chi connectivity index (χ0) is 5.98. The van der Waals surface area contributed by atoms with Gasteiger partial charge in [0.25, 0.3) is 0 Å². The summed E-state index contributed by atoms with van der Waals surface area (Å²) in [6, 6.07) is 0. The molecule has 0 aromatic heterocycles. The van der Waals surface area contributed by atoms with Crippen LogP contribution in [0.3, 0.4) is 0 Å². The predicted molar refractivity (Wildman–Crippen MR) is 29.7 cm³/mol. The second-order valence-electron chi connectivity index (χ2n) is 1.89. The van der Waals surface area contributed by atoms with Crippen LogP contribution in [0.2, 0.25) is 0 Å². The molecule has 0 aromatic rings. The minimum absolute atomic E-state index is 0.244. The average Bonchev–Trinajstić information content (AvgIpc) is 2.14. The average molecular weight is 110 g/mol. The second-order valence-corrected chi connectivity index (χ2v) is 1.89. The minimum atomic E-state index is 0.244. The normalized spacial score (nSPS) is 19.0. The van der Waals surface area contributed by atoms with E-state index in [0.717, 1.165) is 6.54 Å². The number of hydrogen-bond donors (Lipinski definition) is 1.